The molecule has 0 aliphatic carbocycles. The van der Waals surface area contributed by atoms with E-state index in [2.05, 4.69) is 24.9 Å². The number of hydrogen-bond donors (Lipinski definition) is 1. The molecule has 0 aromatic carbocycles. The Morgan fingerprint density at radius 3 is 2.83 bits per heavy atom. The number of nitrogens with one attached hydrogen (secondary N) is 1. The molecule has 3 aromatic rings. The van der Waals surface area contributed by atoms with Crippen LogP contribution in [-0.4, -0.2) is 44.1 Å². The van der Waals surface area contributed by atoms with Crippen LogP contribution in [0.1, 0.15) is 36.2 Å². The SMILES string of the molecule is Cn1cc(S(=O)(=O)NCc2noc([C@@H]3CCC(=O)N3Cc3ccncc3)n2)cn1. The normalized spacial score (nSPS) is 17.2. The zero-order chi connectivity index (χ0) is 20.4. The molecule has 4 heterocycles. The summed E-state index contributed by atoms with van der Waals surface area (Å²) in [7, 11) is -2.10. The van der Waals surface area contributed by atoms with Crippen molar-refractivity contribution in [3.63, 3.8) is 0 Å². The van der Waals surface area contributed by atoms with Crippen LogP contribution in [0.4, 0.5) is 0 Å². The van der Waals surface area contributed by atoms with Crippen molar-refractivity contribution in [2.24, 2.45) is 7.05 Å². The number of nitrogens with zero attached hydrogens (tertiary/aromatic N) is 6. The number of hydrogen-bond acceptors (Lipinski definition) is 8. The predicted octanol–water partition coefficient (Wildman–Crippen LogP) is 0.540. The topological polar surface area (TPSA) is 136 Å². The molecule has 4 rings (SSSR count). The molecule has 1 N–H and O–H groups in total. The molecular formula is C17H19N7O4S. The molecule has 0 radical (unpaired) electrons. The second-order valence-corrected chi connectivity index (χ2v) is 8.42. The summed E-state index contributed by atoms with van der Waals surface area (Å²) in [6.07, 6.45) is 6.94. The smallest absolute Gasteiger partial charge is 0.249 e. The first-order valence-electron chi connectivity index (χ1n) is 8.91. The Hall–Kier alpha value is -3.12. The Balaban J connectivity index is 1.44. The monoisotopic (exact) mass is 417 g/mol. The van der Waals surface area contributed by atoms with E-state index in [1.807, 2.05) is 12.1 Å². The molecule has 11 nitrogen and oxygen atoms in total. The van der Waals surface area contributed by atoms with Crippen molar-refractivity contribution in [1.82, 2.24) is 34.5 Å². The van der Waals surface area contributed by atoms with Gasteiger partial charge in [0, 0.05) is 38.6 Å². The lowest BCUT2D eigenvalue weighted by molar-refractivity contribution is -0.130. The highest BCUT2D eigenvalue weighted by Gasteiger charge is 2.36. The van der Waals surface area contributed by atoms with Gasteiger partial charge in [0.25, 0.3) is 0 Å². The average Bonchev–Trinajstić information content (AvgIpc) is 3.43. The molecule has 3 aromatic heterocycles. The van der Waals surface area contributed by atoms with Gasteiger partial charge in [0.15, 0.2) is 5.82 Å². The lowest BCUT2D eigenvalue weighted by atomic mass is 10.2. The van der Waals surface area contributed by atoms with Gasteiger partial charge >= 0.3 is 0 Å². The molecule has 0 spiro atoms. The van der Waals surface area contributed by atoms with Crippen LogP contribution in [0.3, 0.4) is 0 Å². The van der Waals surface area contributed by atoms with Gasteiger partial charge in [-0.1, -0.05) is 5.16 Å². The van der Waals surface area contributed by atoms with Crippen LogP contribution < -0.4 is 4.72 Å². The van der Waals surface area contributed by atoms with Crippen molar-refractivity contribution < 1.29 is 17.7 Å². The van der Waals surface area contributed by atoms with Crippen molar-refractivity contribution >= 4 is 15.9 Å². The molecule has 1 aliphatic rings. The highest BCUT2D eigenvalue weighted by Crippen LogP contribution is 2.33. The molecule has 152 valence electrons. The van der Waals surface area contributed by atoms with Crippen LogP contribution >= 0.6 is 0 Å². The minimum atomic E-state index is -3.73. The summed E-state index contributed by atoms with van der Waals surface area (Å²) in [4.78, 5) is 22.3. The van der Waals surface area contributed by atoms with E-state index in [0.29, 0.717) is 25.3 Å². The van der Waals surface area contributed by atoms with Gasteiger partial charge in [0.05, 0.1) is 12.7 Å². The van der Waals surface area contributed by atoms with Crippen molar-refractivity contribution in [2.45, 2.75) is 36.9 Å². The Labute approximate surface area is 166 Å². The fraction of sp³-hybridized carbons (Fsp3) is 0.353. The zero-order valence-electron chi connectivity index (χ0n) is 15.6. The zero-order valence-corrected chi connectivity index (χ0v) is 16.4. The molecule has 29 heavy (non-hydrogen) atoms. The maximum absolute atomic E-state index is 12.3. The van der Waals surface area contributed by atoms with Crippen LogP contribution in [0.15, 0.2) is 46.3 Å². The van der Waals surface area contributed by atoms with Gasteiger partial charge in [-0.25, -0.2) is 13.1 Å². The lowest BCUT2D eigenvalue weighted by Gasteiger charge is -2.21. The summed E-state index contributed by atoms with van der Waals surface area (Å²) >= 11 is 0. The molecular weight excluding hydrogens is 398 g/mol. The van der Waals surface area contributed by atoms with Crippen LogP contribution in [0.25, 0.3) is 0 Å². The Kier molecular flexibility index (Phi) is 5.11. The van der Waals surface area contributed by atoms with E-state index in [0.717, 1.165) is 5.56 Å². The first-order valence-corrected chi connectivity index (χ1v) is 10.4. The number of aryl methyl sites for hydroxylation is 1. The van der Waals surface area contributed by atoms with Gasteiger partial charge in [-0.15, -0.1) is 0 Å². The van der Waals surface area contributed by atoms with E-state index in [1.165, 1.54) is 17.1 Å². The van der Waals surface area contributed by atoms with E-state index in [1.54, 1.807) is 24.3 Å². The third-order valence-electron chi connectivity index (χ3n) is 4.61. The highest BCUT2D eigenvalue weighted by atomic mass is 32.2. The predicted molar refractivity (Wildman–Crippen MR) is 98.3 cm³/mol. The average molecular weight is 417 g/mol. The fourth-order valence-electron chi connectivity index (χ4n) is 3.13. The number of rotatable bonds is 7. The summed E-state index contributed by atoms with van der Waals surface area (Å²) in [6, 6.07) is 3.34. The Morgan fingerprint density at radius 2 is 2.10 bits per heavy atom. The van der Waals surface area contributed by atoms with E-state index in [-0.39, 0.29) is 29.2 Å². The minimum absolute atomic E-state index is 0.00356. The van der Waals surface area contributed by atoms with Crippen molar-refractivity contribution in [2.75, 3.05) is 0 Å². The third-order valence-corrected chi connectivity index (χ3v) is 5.97. The summed E-state index contributed by atoms with van der Waals surface area (Å²) in [5.74, 6) is 0.486. The number of carbonyl (C=O) groups excluding carboxylic acids is 1. The number of likely N-dealkylation sites (tertiary alicyclic amines) is 1. The van der Waals surface area contributed by atoms with Gasteiger partial charge in [-0.05, 0) is 24.1 Å². The molecule has 0 bridgehead atoms. The summed E-state index contributed by atoms with van der Waals surface area (Å²) in [6.45, 7) is 0.281. The molecule has 1 amide bonds. The largest absolute Gasteiger partial charge is 0.337 e. The molecule has 1 saturated heterocycles. The standard InChI is InChI=1S/C17H19N7O4S/c1-23-11-13(8-19-23)29(26,27)20-9-15-21-17(28-22-15)14-2-3-16(25)24(14)10-12-4-6-18-7-5-12/h4-8,11,14,20H,2-3,9-10H2,1H3/t14-/m0/s1. The Bertz CT molecular complexity index is 1110. The van der Waals surface area contributed by atoms with Gasteiger partial charge in [-0.3, -0.25) is 14.5 Å². The highest BCUT2D eigenvalue weighted by molar-refractivity contribution is 7.89. The van der Waals surface area contributed by atoms with Gasteiger partial charge in [-0.2, -0.15) is 10.1 Å². The second kappa shape index (κ2) is 7.72. The first-order chi connectivity index (χ1) is 13.9. The quantitative estimate of drug-likeness (QED) is 0.588. The van der Waals surface area contributed by atoms with E-state index in [9.17, 15) is 13.2 Å². The van der Waals surface area contributed by atoms with Crippen molar-refractivity contribution in [3.8, 4) is 0 Å². The van der Waals surface area contributed by atoms with Gasteiger partial charge in [0.2, 0.25) is 21.8 Å². The summed E-state index contributed by atoms with van der Waals surface area (Å²) in [5, 5.41) is 7.70. The molecule has 0 saturated carbocycles. The van der Waals surface area contributed by atoms with Crippen molar-refractivity contribution in [3.05, 3.63) is 54.2 Å². The second-order valence-electron chi connectivity index (χ2n) is 6.65. The van der Waals surface area contributed by atoms with Crippen LogP contribution in [-0.2, 0) is 35.0 Å². The molecule has 1 fully saturated rings. The van der Waals surface area contributed by atoms with Gasteiger partial charge < -0.3 is 9.42 Å². The maximum atomic E-state index is 12.3. The number of sulfonamides is 1. The third kappa shape index (κ3) is 4.17. The summed E-state index contributed by atoms with van der Waals surface area (Å²) in [5.41, 5.74) is 0.948. The van der Waals surface area contributed by atoms with Crippen LogP contribution in [0.2, 0.25) is 0 Å². The number of aromatic nitrogens is 5. The van der Waals surface area contributed by atoms with Crippen LogP contribution in [0.5, 0.6) is 0 Å². The molecule has 1 atom stereocenters. The Morgan fingerprint density at radius 1 is 1.31 bits per heavy atom. The van der Waals surface area contributed by atoms with E-state index < -0.39 is 10.0 Å². The number of carbonyl (C=O) groups is 1. The molecule has 0 unspecified atom stereocenters. The number of amides is 1. The summed E-state index contributed by atoms with van der Waals surface area (Å²) < 4.78 is 33.7. The molecule has 1 aliphatic heterocycles. The van der Waals surface area contributed by atoms with Crippen molar-refractivity contribution in [1.29, 1.82) is 0 Å². The van der Waals surface area contributed by atoms with Crippen LogP contribution in [0, 0.1) is 0 Å². The minimum Gasteiger partial charge on any atom is -0.337 e. The lowest BCUT2D eigenvalue weighted by Crippen LogP contribution is -2.27. The first kappa shape index (κ1) is 19.2. The fourth-order valence-corrected chi connectivity index (χ4v) is 4.09. The maximum Gasteiger partial charge on any atom is 0.249 e. The molecule has 12 heteroatoms. The number of pyridine rings is 1. The van der Waals surface area contributed by atoms with E-state index in [4.69, 9.17) is 4.52 Å². The van der Waals surface area contributed by atoms with E-state index >= 15 is 0 Å². The van der Waals surface area contributed by atoms with Gasteiger partial charge in [0.1, 0.15) is 10.9 Å².